The van der Waals surface area contributed by atoms with E-state index in [0.717, 1.165) is 0 Å². The predicted octanol–water partition coefficient (Wildman–Crippen LogP) is 1.49. The molecule has 6 heteroatoms. The average Bonchev–Trinajstić information content (AvgIpc) is 2.63. The van der Waals surface area contributed by atoms with Gasteiger partial charge in [0.15, 0.2) is 5.75 Å². The number of hydrogen-bond acceptors (Lipinski definition) is 4. The zero-order valence-corrected chi connectivity index (χ0v) is 9.12. The van der Waals surface area contributed by atoms with E-state index in [0.29, 0.717) is 11.5 Å². The summed E-state index contributed by atoms with van der Waals surface area (Å²) in [6, 6.07) is 4.42. The molecule has 0 aliphatic rings. The Hall–Kier alpha value is -2.50. The van der Waals surface area contributed by atoms with Gasteiger partial charge in [0, 0.05) is 18.8 Å². The third-order valence-corrected chi connectivity index (χ3v) is 2.17. The van der Waals surface area contributed by atoms with Crippen molar-refractivity contribution in [1.82, 2.24) is 9.78 Å². The number of benzene rings is 1. The summed E-state index contributed by atoms with van der Waals surface area (Å²) in [6.07, 6.45) is 3.25. The minimum atomic E-state index is -1.06. The molecule has 2 aromatic rings. The SMILES string of the molecule is Cn1cc(Oc2ccc(C(=O)O)c(N)c2)cn1. The first-order valence-electron chi connectivity index (χ1n) is 4.85. The second-order valence-corrected chi connectivity index (χ2v) is 3.51. The number of hydrogen-bond donors (Lipinski definition) is 2. The highest BCUT2D eigenvalue weighted by molar-refractivity contribution is 5.93. The van der Waals surface area contributed by atoms with Crippen molar-refractivity contribution in [2.24, 2.45) is 7.05 Å². The Kier molecular flexibility index (Phi) is 2.70. The smallest absolute Gasteiger partial charge is 0.337 e. The van der Waals surface area contributed by atoms with Crippen LogP contribution in [0.25, 0.3) is 0 Å². The second-order valence-electron chi connectivity index (χ2n) is 3.51. The van der Waals surface area contributed by atoms with Crippen LogP contribution in [0.5, 0.6) is 11.5 Å². The van der Waals surface area contributed by atoms with Crippen molar-refractivity contribution in [1.29, 1.82) is 0 Å². The van der Waals surface area contributed by atoms with Gasteiger partial charge in [-0.05, 0) is 12.1 Å². The Morgan fingerprint density at radius 1 is 1.47 bits per heavy atom. The van der Waals surface area contributed by atoms with E-state index >= 15 is 0 Å². The van der Waals surface area contributed by atoms with Gasteiger partial charge in [-0.25, -0.2) is 4.79 Å². The molecule has 0 fully saturated rings. The molecule has 1 heterocycles. The number of nitrogens with two attached hydrogens (primary N) is 1. The van der Waals surface area contributed by atoms with Crippen molar-refractivity contribution in [2.45, 2.75) is 0 Å². The van der Waals surface area contributed by atoms with Gasteiger partial charge in [-0.1, -0.05) is 0 Å². The largest absolute Gasteiger partial charge is 0.478 e. The summed E-state index contributed by atoms with van der Waals surface area (Å²) in [7, 11) is 1.77. The number of nitrogen functional groups attached to an aromatic ring is 1. The van der Waals surface area contributed by atoms with Crippen LogP contribution in [0.2, 0.25) is 0 Å². The highest BCUT2D eigenvalue weighted by Gasteiger charge is 2.09. The van der Waals surface area contributed by atoms with Gasteiger partial charge in [0.2, 0.25) is 0 Å². The molecule has 0 radical (unpaired) electrons. The zero-order chi connectivity index (χ0) is 12.4. The summed E-state index contributed by atoms with van der Waals surface area (Å²) in [6.45, 7) is 0. The van der Waals surface area contributed by atoms with Gasteiger partial charge in [-0.3, -0.25) is 4.68 Å². The molecule has 0 aliphatic heterocycles. The summed E-state index contributed by atoms with van der Waals surface area (Å²) in [5.74, 6) is -0.0223. The monoisotopic (exact) mass is 233 g/mol. The van der Waals surface area contributed by atoms with E-state index in [4.69, 9.17) is 15.6 Å². The number of carbonyl (C=O) groups is 1. The van der Waals surface area contributed by atoms with Crippen LogP contribution in [-0.2, 0) is 7.05 Å². The van der Waals surface area contributed by atoms with Crippen LogP contribution in [-0.4, -0.2) is 20.9 Å². The number of aryl methyl sites for hydroxylation is 1. The van der Waals surface area contributed by atoms with Crippen molar-refractivity contribution in [3.63, 3.8) is 0 Å². The molecule has 0 saturated heterocycles. The Labute approximate surface area is 97.2 Å². The van der Waals surface area contributed by atoms with E-state index in [1.807, 2.05) is 0 Å². The summed E-state index contributed by atoms with van der Waals surface area (Å²) in [5.41, 5.74) is 5.82. The maximum atomic E-state index is 10.8. The van der Waals surface area contributed by atoms with Crippen molar-refractivity contribution in [2.75, 3.05) is 5.73 Å². The molecule has 1 aromatic heterocycles. The van der Waals surface area contributed by atoms with Crippen LogP contribution in [0.4, 0.5) is 5.69 Å². The molecule has 1 aromatic carbocycles. The van der Waals surface area contributed by atoms with Gasteiger partial charge in [-0.15, -0.1) is 0 Å². The van der Waals surface area contributed by atoms with Crippen LogP contribution in [0.1, 0.15) is 10.4 Å². The number of nitrogens with zero attached hydrogens (tertiary/aromatic N) is 2. The standard InChI is InChI=1S/C11H11N3O3/c1-14-6-8(5-13-14)17-7-2-3-9(11(15)16)10(12)4-7/h2-6H,12H2,1H3,(H,15,16). The Morgan fingerprint density at radius 2 is 2.24 bits per heavy atom. The van der Waals surface area contributed by atoms with Gasteiger partial charge in [0.1, 0.15) is 5.75 Å². The molecule has 0 spiro atoms. The van der Waals surface area contributed by atoms with Crippen molar-refractivity contribution >= 4 is 11.7 Å². The molecular formula is C11H11N3O3. The van der Waals surface area contributed by atoms with Gasteiger partial charge in [0.05, 0.1) is 18.0 Å². The van der Waals surface area contributed by atoms with E-state index in [-0.39, 0.29) is 11.3 Å². The predicted molar refractivity (Wildman–Crippen MR) is 61.1 cm³/mol. The van der Waals surface area contributed by atoms with E-state index in [1.54, 1.807) is 30.2 Å². The number of carboxylic acid groups (broad SMARTS) is 1. The van der Waals surface area contributed by atoms with Crippen molar-refractivity contribution < 1.29 is 14.6 Å². The first-order chi connectivity index (χ1) is 8.06. The Bertz CT molecular complexity index is 563. The highest BCUT2D eigenvalue weighted by Crippen LogP contribution is 2.24. The molecule has 0 amide bonds. The van der Waals surface area contributed by atoms with Crippen molar-refractivity contribution in [3.8, 4) is 11.5 Å². The minimum Gasteiger partial charge on any atom is -0.478 e. The van der Waals surface area contributed by atoms with E-state index < -0.39 is 5.97 Å². The number of aromatic nitrogens is 2. The molecule has 0 bridgehead atoms. The molecule has 0 atom stereocenters. The van der Waals surface area contributed by atoms with Crippen LogP contribution in [0.15, 0.2) is 30.6 Å². The zero-order valence-electron chi connectivity index (χ0n) is 9.12. The van der Waals surface area contributed by atoms with Crippen molar-refractivity contribution in [3.05, 3.63) is 36.2 Å². The Morgan fingerprint density at radius 3 is 2.76 bits per heavy atom. The number of ether oxygens (including phenoxy) is 1. The molecule has 17 heavy (non-hydrogen) atoms. The lowest BCUT2D eigenvalue weighted by Gasteiger charge is -2.05. The first kappa shape index (κ1) is 11.0. The maximum Gasteiger partial charge on any atom is 0.337 e. The molecule has 0 saturated carbocycles. The van der Waals surface area contributed by atoms with E-state index in [1.165, 1.54) is 12.1 Å². The highest BCUT2D eigenvalue weighted by atomic mass is 16.5. The van der Waals surface area contributed by atoms with Crippen LogP contribution >= 0.6 is 0 Å². The van der Waals surface area contributed by atoms with E-state index in [2.05, 4.69) is 5.10 Å². The molecular weight excluding hydrogens is 222 g/mol. The molecule has 2 rings (SSSR count). The third kappa shape index (κ3) is 2.36. The fourth-order valence-electron chi connectivity index (χ4n) is 1.39. The van der Waals surface area contributed by atoms with Crippen LogP contribution in [0, 0.1) is 0 Å². The third-order valence-electron chi connectivity index (χ3n) is 2.17. The number of anilines is 1. The normalized spacial score (nSPS) is 10.2. The first-order valence-corrected chi connectivity index (χ1v) is 4.85. The van der Waals surface area contributed by atoms with Gasteiger partial charge < -0.3 is 15.6 Å². The lowest BCUT2D eigenvalue weighted by atomic mass is 10.2. The lowest BCUT2D eigenvalue weighted by molar-refractivity contribution is 0.0698. The fraction of sp³-hybridized carbons (Fsp3) is 0.0909. The summed E-state index contributed by atoms with van der Waals surface area (Å²) in [4.78, 5) is 10.8. The summed E-state index contributed by atoms with van der Waals surface area (Å²) in [5, 5.41) is 12.8. The van der Waals surface area contributed by atoms with Crippen LogP contribution in [0.3, 0.4) is 0 Å². The Balaban J connectivity index is 2.23. The number of aromatic carboxylic acids is 1. The molecule has 6 nitrogen and oxygen atoms in total. The maximum absolute atomic E-state index is 10.8. The molecule has 0 aliphatic carbocycles. The lowest BCUT2D eigenvalue weighted by Crippen LogP contribution is -2.02. The van der Waals surface area contributed by atoms with Gasteiger partial charge >= 0.3 is 5.97 Å². The van der Waals surface area contributed by atoms with E-state index in [9.17, 15) is 4.79 Å². The van der Waals surface area contributed by atoms with Gasteiger partial charge in [0.25, 0.3) is 0 Å². The quantitative estimate of drug-likeness (QED) is 0.784. The fourth-order valence-corrected chi connectivity index (χ4v) is 1.39. The second kappa shape index (κ2) is 4.17. The van der Waals surface area contributed by atoms with Gasteiger partial charge in [-0.2, -0.15) is 5.10 Å². The summed E-state index contributed by atoms with van der Waals surface area (Å²) >= 11 is 0. The topological polar surface area (TPSA) is 90.4 Å². The minimum absolute atomic E-state index is 0.0588. The average molecular weight is 233 g/mol. The summed E-state index contributed by atoms with van der Waals surface area (Å²) < 4.78 is 7.06. The number of rotatable bonds is 3. The number of carboxylic acids is 1. The molecule has 3 N–H and O–H groups in total. The molecule has 0 unspecified atom stereocenters. The van der Waals surface area contributed by atoms with Crippen LogP contribution < -0.4 is 10.5 Å². The molecule has 88 valence electrons.